The van der Waals surface area contributed by atoms with E-state index in [-0.39, 0.29) is 6.04 Å². The number of anilines is 1. The summed E-state index contributed by atoms with van der Waals surface area (Å²) in [5, 5.41) is 7.15. The summed E-state index contributed by atoms with van der Waals surface area (Å²) < 4.78 is 5.20. The first-order chi connectivity index (χ1) is 10.2. The van der Waals surface area contributed by atoms with Gasteiger partial charge in [0.15, 0.2) is 5.11 Å². The summed E-state index contributed by atoms with van der Waals surface area (Å²) in [6, 6.07) is 18.2. The van der Waals surface area contributed by atoms with Gasteiger partial charge in [0.2, 0.25) is 0 Å². The molecule has 2 aromatic carbocycles. The van der Waals surface area contributed by atoms with Crippen LogP contribution in [0, 0.1) is 0 Å². The zero-order chi connectivity index (χ0) is 15.1. The molecule has 110 valence electrons. The number of hydrogen-bond donors (Lipinski definition) is 2. The number of nitrogens with one attached hydrogen (secondary N) is 2. The van der Waals surface area contributed by atoms with E-state index >= 15 is 0 Å². The van der Waals surface area contributed by atoms with Gasteiger partial charge in [0.1, 0.15) is 5.75 Å². The first kappa shape index (κ1) is 15.3. The second-order valence-electron chi connectivity index (χ2n) is 4.70. The Morgan fingerprint density at radius 1 is 1.14 bits per heavy atom. The molecule has 2 N–H and O–H groups in total. The minimum absolute atomic E-state index is 0.205. The van der Waals surface area contributed by atoms with Crippen LogP contribution in [-0.4, -0.2) is 12.2 Å². The number of hydrogen-bond acceptors (Lipinski definition) is 2. The molecule has 1 atom stereocenters. The van der Waals surface area contributed by atoms with Crippen LogP contribution in [0.25, 0.3) is 0 Å². The molecule has 0 saturated carbocycles. The molecule has 0 aromatic heterocycles. The van der Waals surface area contributed by atoms with Crippen LogP contribution in [0.5, 0.6) is 5.75 Å². The van der Waals surface area contributed by atoms with E-state index in [0.29, 0.717) is 5.11 Å². The third-order valence-electron chi connectivity index (χ3n) is 3.24. The predicted octanol–water partition coefficient (Wildman–Crippen LogP) is 4.13. The Bertz CT molecular complexity index is 586. The van der Waals surface area contributed by atoms with Gasteiger partial charge in [-0.05, 0) is 36.3 Å². The molecule has 2 aromatic rings. The van der Waals surface area contributed by atoms with Crippen LogP contribution < -0.4 is 15.4 Å². The summed E-state index contributed by atoms with van der Waals surface area (Å²) in [6.45, 7) is 2.14. The van der Waals surface area contributed by atoms with E-state index < -0.39 is 0 Å². The van der Waals surface area contributed by atoms with Crippen LogP contribution >= 0.6 is 12.2 Å². The van der Waals surface area contributed by atoms with Crippen molar-refractivity contribution in [3.8, 4) is 5.75 Å². The summed E-state index contributed by atoms with van der Waals surface area (Å²) in [6.07, 6.45) is 0.962. The Balaban J connectivity index is 2.00. The molecule has 3 nitrogen and oxygen atoms in total. The molecule has 0 heterocycles. The minimum Gasteiger partial charge on any atom is -0.497 e. The van der Waals surface area contributed by atoms with Gasteiger partial charge in [-0.3, -0.25) is 0 Å². The van der Waals surface area contributed by atoms with E-state index in [9.17, 15) is 0 Å². The Kier molecular flexibility index (Phi) is 5.58. The van der Waals surface area contributed by atoms with E-state index in [1.165, 1.54) is 5.56 Å². The van der Waals surface area contributed by atoms with Crippen molar-refractivity contribution in [3.05, 3.63) is 60.2 Å². The highest BCUT2D eigenvalue weighted by Crippen LogP contribution is 2.18. The number of methoxy groups -OCH3 is 1. The summed E-state index contributed by atoms with van der Waals surface area (Å²) in [5.41, 5.74) is 2.14. The number of benzene rings is 2. The van der Waals surface area contributed by atoms with Crippen molar-refractivity contribution in [2.45, 2.75) is 19.4 Å². The van der Waals surface area contributed by atoms with Crippen molar-refractivity contribution in [1.29, 1.82) is 0 Å². The van der Waals surface area contributed by atoms with Gasteiger partial charge in [0.25, 0.3) is 0 Å². The molecule has 0 amide bonds. The molecule has 0 aliphatic carbocycles. The van der Waals surface area contributed by atoms with Gasteiger partial charge in [-0.1, -0.05) is 43.3 Å². The predicted molar refractivity (Wildman–Crippen MR) is 91.8 cm³/mol. The molecule has 0 bridgehead atoms. The Morgan fingerprint density at radius 2 is 1.90 bits per heavy atom. The fraction of sp³-hybridized carbons (Fsp3) is 0.235. The fourth-order valence-electron chi connectivity index (χ4n) is 2.13. The van der Waals surface area contributed by atoms with Gasteiger partial charge >= 0.3 is 0 Å². The Morgan fingerprint density at radius 3 is 2.57 bits per heavy atom. The molecule has 0 spiro atoms. The Hall–Kier alpha value is -2.07. The maximum Gasteiger partial charge on any atom is 0.171 e. The Labute approximate surface area is 131 Å². The summed E-state index contributed by atoms with van der Waals surface area (Å²) in [4.78, 5) is 0. The lowest BCUT2D eigenvalue weighted by Gasteiger charge is -2.20. The molecule has 0 fully saturated rings. The average Bonchev–Trinajstić information content (AvgIpc) is 2.53. The normalized spacial score (nSPS) is 11.5. The van der Waals surface area contributed by atoms with Gasteiger partial charge < -0.3 is 15.4 Å². The first-order valence-electron chi connectivity index (χ1n) is 6.99. The van der Waals surface area contributed by atoms with E-state index in [1.807, 2.05) is 42.5 Å². The topological polar surface area (TPSA) is 33.3 Å². The number of thiocarbonyl (C=S) groups is 1. The van der Waals surface area contributed by atoms with E-state index in [4.69, 9.17) is 17.0 Å². The van der Waals surface area contributed by atoms with E-state index in [2.05, 4.69) is 29.7 Å². The summed E-state index contributed by atoms with van der Waals surface area (Å²) in [7, 11) is 1.65. The molecular formula is C17H20N2OS. The van der Waals surface area contributed by atoms with Crippen LogP contribution in [0.2, 0.25) is 0 Å². The van der Waals surface area contributed by atoms with E-state index in [1.54, 1.807) is 7.11 Å². The molecule has 0 radical (unpaired) electrons. The quantitative estimate of drug-likeness (QED) is 0.813. The number of ether oxygens (including phenoxy) is 1. The molecule has 0 aliphatic rings. The third kappa shape index (κ3) is 4.46. The zero-order valence-corrected chi connectivity index (χ0v) is 13.1. The summed E-state index contributed by atoms with van der Waals surface area (Å²) in [5.74, 6) is 0.804. The molecule has 2 rings (SSSR count). The van der Waals surface area contributed by atoms with Crippen LogP contribution in [0.3, 0.4) is 0 Å². The largest absolute Gasteiger partial charge is 0.497 e. The molecule has 0 aliphatic heterocycles. The van der Waals surface area contributed by atoms with Crippen molar-refractivity contribution in [1.82, 2.24) is 5.32 Å². The lowest BCUT2D eigenvalue weighted by Crippen LogP contribution is -2.32. The molecule has 4 heteroatoms. The second-order valence-corrected chi connectivity index (χ2v) is 5.11. The van der Waals surface area contributed by atoms with Crippen LogP contribution in [0.4, 0.5) is 5.69 Å². The van der Waals surface area contributed by atoms with Crippen molar-refractivity contribution >= 4 is 23.0 Å². The molecule has 0 saturated heterocycles. The maximum absolute atomic E-state index is 5.40. The van der Waals surface area contributed by atoms with Crippen LogP contribution in [0.15, 0.2) is 54.6 Å². The van der Waals surface area contributed by atoms with Crippen molar-refractivity contribution in [2.75, 3.05) is 12.4 Å². The van der Waals surface area contributed by atoms with Crippen molar-refractivity contribution in [2.24, 2.45) is 0 Å². The van der Waals surface area contributed by atoms with Gasteiger partial charge in [0.05, 0.1) is 13.2 Å². The van der Waals surface area contributed by atoms with Gasteiger partial charge in [-0.2, -0.15) is 0 Å². The van der Waals surface area contributed by atoms with Crippen molar-refractivity contribution < 1.29 is 4.74 Å². The standard InChI is InChI=1S/C17H20N2OS/c1-3-16(13-8-5-4-6-9-13)19-17(21)18-14-10-7-11-15(12-14)20-2/h4-12,16H,3H2,1-2H3,(H2,18,19,21)/t16-/m1/s1. The molecule has 21 heavy (non-hydrogen) atoms. The monoisotopic (exact) mass is 300 g/mol. The minimum atomic E-state index is 0.205. The second kappa shape index (κ2) is 7.64. The molecule has 0 unspecified atom stereocenters. The smallest absolute Gasteiger partial charge is 0.171 e. The number of rotatable bonds is 5. The maximum atomic E-state index is 5.40. The lowest BCUT2D eigenvalue weighted by molar-refractivity contribution is 0.415. The van der Waals surface area contributed by atoms with Crippen LogP contribution in [-0.2, 0) is 0 Å². The first-order valence-corrected chi connectivity index (χ1v) is 7.40. The van der Waals surface area contributed by atoms with Gasteiger partial charge in [-0.25, -0.2) is 0 Å². The lowest BCUT2D eigenvalue weighted by atomic mass is 10.1. The summed E-state index contributed by atoms with van der Waals surface area (Å²) >= 11 is 5.40. The highest BCUT2D eigenvalue weighted by Gasteiger charge is 2.10. The van der Waals surface area contributed by atoms with Crippen molar-refractivity contribution in [3.63, 3.8) is 0 Å². The van der Waals surface area contributed by atoms with E-state index in [0.717, 1.165) is 17.9 Å². The van der Waals surface area contributed by atoms with Gasteiger partial charge in [-0.15, -0.1) is 0 Å². The van der Waals surface area contributed by atoms with Gasteiger partial charge in [0, 0.05) is 11.8 Å². The third-order valence-corrected chi connectivity index (χ3v) is 3.46. The highest BCUT2D eigenvalue weighted by molar-refractivity contribution is 7.80. The zero-order valence-electron chi connectivity index (χ0n) is 12.3. The van der Waals surface area contributed by atoms with Crippen LogP contribution in [0.1, 0.15) is 24.9 Å². The fourth-order valence-corrected chi connectivity index (χ4v) is 2.39. The highest BCUT2D eigenvalue weighted by atomic mass is 32.1. The molecular weight excluding hydrogens is 280 g/mol. The SMILES string of the molecule is CC[C@@H](NC(=S)Nc1cccc(OC)c1)c1ccccc1. The average molecular weight is 300 g/mol.